The molecule has 1 amide bonds. The quantitative estimate of drug-likeness (QED) is 0.833. The zero-order valence-electron chi connectivity index (χ0n) is 14.5. The van der Waals surface area contributed by atoms with Gasteiger partial charge in [-0.05, 0) is 43.6 Å². The molecule has 1 aromatic heterocycles. The fourth-order valence-corrected chi connectivity index (χ4v) is 3.34. The first-order valence-electron chi connectivity index (χ1n) is 8.47. The summed E-state index contributed by atoms with van der Waals surface area (Å²) in [4.78, 5) is 12.9. The van der Waals surface area contributed by atoms with Crippen LogP contribution in [0.2, 0.25) is 0 Å². The molecule has 3 rings (SSSR count). The molecular weight excluding hydrogens is 362 g/mol. The number of carbonyl (C=O) groups excluding carboxylic acids is 1. The zero-order valence-corrected chi connectivity index (χ0v) is 15.4. The Labute approximate surface area is 157 Å². The van der Waals surface area contributed by atoms with Crippen molar-refractivity contribution >= 4 is 18.3 Å². The molecule has 1 saturated heterocycles. The van der Waals surface area contributed by atoms with Gasteiger partial charge in [-0.2, -0.15) is 5.10 Å². The van der Waals surface area contributed by atoms with Crippen LogP contribution in [0.25, 0.3) is 0 Å². The number of benzene rings is 1. The monoisotopic (exact) mass is 384 g/mol. The Morgan fingerprint density at radius 3 is 2.73 bits per heavy atom. The van der Waals surface area contributed by atoms with Crippen molar-refractivity contribution in [3.05, 3.63) is 53.9 Å². The van der Waals surface area contributed by atoms with Crippen molar-refractivity contribution < 1.29 is 13.6 Å². The molecule has 1 aliphatic rings. The summed E-state index contributed by atoms with van der Waals surface area (Å²) in [6.07, 6.45) is 4.74. The third-order valence-electron chi connectivity index (χ3n) is 4.86. The van der Waals surface area contributed by atoms with Gasteiger partial charge in [0.15, 0.2) is 0 Å². The van der Waals surface area contributed by atoms with Crippen LogP contribution in [-0.4, -0.2) is 35.3 Å². The first kappa shape index (κ1) is 20.3. The van der Waals surface area contributed by atoms with Crippen LogP contribution in [0.4, 0.5) is 8.78 Å². The maximum atomic E-state index is 13.9. The van der Waals surface area contributed by atoms with Gasteiger partial charge in [-0.1, -0.05) is 13.0 Å². The molecule has 0 aliphatic carbocycles. The number of halogens is 3. The number of amides is 1. The van der Waals surface area contributed by atoms with Crippen LogP contribution >= 0.6 is 12.4 Å². The molecule has 142 valence electrons. The second-order valence-electron chi connectivity index (χ2n) is 6.51. The van der Waals surface area contributed by atoms with Crippen LogP contribution in [0.15, 0.2) is 36.7 Å². The molecule has 1 fully saturated rings. The van der Waals surface area contributed by atoms with Crippen LogP contribution < -0.4 is 10.6 Å². The Kier molecular flexibility index (Phi) is 6.72. The fraction of sp³-hybridized carbons (Fsp3) is 0.444. The fourth-order valence-electron chi connectivity index (χ4n) is 3.34. The van der Waals surface area contributed by atoms with Crippen molar-refractivity contribution in [1.29, 1.82) is 0 Å². The molecular formula is C18H23ClF2N4O. The Morgan fingerprint density at radius 2 is 2.12 bits per heavy atom. The lowest BCUT2D eigenvalue weighted by Crippen LogP contribution is -2.55. The van der Waals surface area contributed by atoms with E-state index in [9.17, 15) is 13.6 Å². The van der Waals surface area contributed by atoms with E-state index in [0.717, 1.165) is 19.2 Å². The Bertz CT molecular complexity index is 733. The van der Waals surface area contributed by atoms with Gasteiger partial charge in [0.1, 0.15) is 17.2 Å². The third-order valence-corrected chi connectivity index (χ3v) is 4.86. The van der Waals surface area contributed by atoms with Crippen molar-refractivity contribution in [3.63, 3.8) is 0 Å². The normalized spacial score (nSPS) is 17.2. The zero-order chi connectivity index (χ0) is 17.9. The number of rotatable bonds is 5. The molecule has 0 bridgehead atoms. The molecule has 26 heavy (non-hydrogen) atoms. The molecule has 5 nitrogen and oxygen atoms in total. The molecule has 2 N–H and O–H groups in total. The van der Waals surface area contributed by atoms with E-state index in [1.54, 1.807) is 30.1 Å². The number of nitrogens with zero attached hydrogens (tertiary/aromatic N) is 2. The smallest absolute Gasteiger partial charge is 0.248 e. The lowest BCUT2D eigenvalue weighted by atomic mass is 9.87. The molecule has 2 heterocycles. The summed E-state index contributed by atoms with van der Waals surface area (Å²) in [7, 11) is 0. The van der Waals surface area contributed by atoms with Crippen molar-refractivity contribution in [2.24, 2.45) is 0 Å². The van der Waals surface area contributed by atoms with Crippen molar-refractivity contribution in [3.8, 4) is 0 Å². The first-order valence-corrected chi connectivity index (χ1v) is 8.47. The average molecular weight is 385 g/mol. The van der Waals surface area contributed by atoms with E-state index >= 15 is 0 Å². The molecule has 0 saturated carbocycles. The largest absolute Gasteiger partial charge is 0.353 e. The molecule has 1 aliphatic heterocycles. The van der Waals surface area contributed by atoms with Gasteiger partial charge >= 0.3 is 0 Å². The highest BCUT2D eigenvalue weighted by Crippen LogP contribution is 2.27. The summed E-state index contributed by atoms with van der Waals surface area (Å²) < 4.78 is 28.7. The van der Waals surface area contributed by atoms with E-state index in [2.05, 4.69) is 15.7 Å². The number of piperidine rings is 1. The summed E-state index contributed by atoms with van der Waals surface area (Å²) in [6.45, 7) is 3.54. The summed E-state index contributed by atoms with van der Waals surface area (Å²) >= 11 is 0. The third kappa shape index (κ3) is 4.04. The lowest BCUT2D eigenvalue weighted by Gasteiger charge is -2.36. The number of aromatic nitrogens is 2. The maximum absolute atomic E-state index is 13.9. The van der Waals surface area contributed by atoms with E-state index in [1.165, 1.54) is 12.1 Å². The first-order chi connectivity index (χ1) is 12.0. The SMILES string of the molecule is CC(CNC(=O)C1(n2cccn2)CCNCC1)c1ccc(F)cc1F.Cl. The predicted molar refractivity (Wildman–Crippen MR) is 97.3 cm³/mol. The molecule has 0 spiro atoms. The lowest BCUT2D eigenvalue weighted by molar-refractivity contribution is -0.132. The standard InChI is InChI=1S/C18H22F2N4O.ClH/c1-13(15-4-3-14(19)11-16(15)20)12-22-17(25)18(5-8-21-9-6-18)24-10-2-7-23-24;/h2-4,7,10-11,13,21H,5-6,8-9,12H2,1H3,(H,22,25);1H. The summed E-state index contributed by atoms with van der Waals surface area (Å²) in [5.74, 6) is -1.58. The molecule has 1 unspecified atom stereocenters. The molecule has 2 aromatic rings. The minimum atomic E-state index is -0.726. The Morgan fingerprint density at radius 1 is 1.38 bits per heavy atom. The minimum absolute atomic E-state index is 0. The van der Waals surface area contributed by atoms with E-state index in [0.29, 0.717) is 18.4 Å². The highest BCUT2D eigenvalue weighted by molar-refractivity contribution is 5.85. The molecule has 0 radical (unpaired) electrons. The van der Waals surface area contributed by atoms with Gasteiger partial charge in [-0.3, -0.25) is 9.48 Å². The number of hydrogen-bond acceptors (Lipinski definition) is 3. The van der Waals surface area contributed by atoms with E-state index in [1.807, 2.05) is 0 Å². The van der Waals surface area contributed by atoms with Crippen LogP contribution in [-0.2, 0) is 10.3 Å². The van der Waals surface area contributed by atoms with E-state index < -0.39 is 17.2 Å². The summed E-state index contributed by atoms with van der Waals surface area (Å²) in [5.41, 5.74) is -0.337. The number of nitrogens with one attached hydrogen (secondary N) is 2. The van der Waals surface area contributed by atoms with Crippen molar-refractivity contribution in [1.82, 2.24) is 20.4 Å². The summed E-state index contributed by atoms with van der Waals surface area (Å²) in [5, 5.41) is 10.5. The molecule has 1 aromatic carbocycles. The van der Waals surface area contributed by atoms with E-state index in [4.69, 9.17) is 0 Å². The second kappa shape index (κ2) is 8.60. The van der Waals surface area contributed by atoms with Gasteiger partial charge in [-0.25, -0.2) is 8.78 Å². The topological polar surface area (TPSA) is 59.0 Å². The van der Waals surface area contributed by atoms with Gasteiger partial charge in [0.05, 0.1) is 0 Å². The van der Waals surface area contributed by atoms with Gasteiger partial charge in [0.2, 0.25) is 5.91 Å². The van der Waals surface area contributed by atoms with Crippen LogP contribution in [0.1, 0.15) is 31.2 Å². The van der Waals surface area contributed by atoms with Crippen molar-refractivity contribution in [2.75, 3.05) is 19.6 Å². The van der Waals surface area contributed by atoms with Gasteiger partial charge in [0.25, 0.3) is 0 Å². The summed E-state index contributed by atoms with van der Waals surface area (Å²) in [6, 6.07) is 5.32. The van der Waals surface area contributed by atoms with E-state index in [-0.39, 0.29) is 30.8 Å². The maximum Gasteiger partial charge on any atom is 0.248 e. The number of carbonyl (C=O) groups is 1. The van der Waals surface area contributed by atoms with Crippen molar-refractivity contribution in [2.45, 2.75) is 31.2 Å². The highest BCUT2D eigenvalue weighted by atomic mass is 35.5. The van der Waals surface area contributed by atoms with Gasteiger partial charge in [-0.15, -0.1) is 12.4 Å². The van der Waals surface area contributed by atoms with Gasteiger partial charge in [0, 0.05) is 30.9 Å². The van der Waals surface area contributed by atoms with Crippen LogP contribution in [0.5, 0.6) is 0 Å². The van der Waals surface area contributed by atoms with Gasteiger partial charge < -0.3 is 10.6 Å². The second-order valence-corrected chi connectivity index (χ2v) is 6.51. The molecule has 8 heteroatoms. The Balaban J connectivity index is 0.00000243. The molecule has 1 atom stereocenters. The predicted octanol–water partition coefficient (Wildman–Crippen LogP) is 2.58. The average Bonchev–Trinajstić information content (AvgIpc) is 3.15. The van der Waals surface area contributed by atoms with Crippen LogP contribution in [0.3, 0.4) is 0 Å². The van der Waals surface area contributed by atoms with Crippen LogP contribution in [0, 0.1) is 11.6 Å². The Hall–Kier alpha value is -1.99. The highest BCUT2D eigenvalue weighted by Gasteiger charge is 2.41. The number of hydrogen-bond donors (Lipinski definition) is 2. The minimum Gasteiger partial charge on any atom is -0.353 e.